The molecule has 6 unspecified atom stereocenters. The first-order chi connectivity index (χ1) is 6.83. The number of rotatable bonds is 1. The van der Waals surface area contributed by atoms with Crippen LogP contribution in [0.1, 0.15) is 52.4 Å². The van der Waals surface area contributed by atoms with Crippen LogP contribution in [0.15, 0.2) is 0 Å². The van der Waals surface area contributed by atoms with Gasteiger partial charge in [-0.3, -0.25) is 0 Å². The van der Waals surface area contributed by atoms with Gasteiger partial charge in [-0.1, -0.05) is 33.1 Å². The fraction of sp³-hybridized carbons (Fsp3) is 1.00. The van der Waals surface area contributed by atoms with Crippen LogP contribution >= 0.6 is 0 Å². The van der Waals surface area contributed by atoms with Gasteiger partial charge in [-0.15, -0.1) is 0 Å². The van der Waals surface area contributed by atoms with Crippen LogP contribution in [0.2, 0.25) is 0 Å². The Hall–Kier alpha value is 0. The second-order valence-corrected chi connectivity index (χ2v) is 6.11. The maximum absolute atomic E-state index is 2.55. The molecule has 0 spiro atoms. The van der Waals surface area contributed by atoms with Crippen LogP contribution in [0.25, 0.3) is 0 Å². The maximum atomic E-state index is 2.55. The highest BCUT2D eigenvalue weighted by Crippen LogP contribution is 2.62. The van der Waals surface area contributed by atoms with E-state index in [1.807, 2.05) is 0 Å². The van der Waals surface area contributed by atoms with Crippen molar-refractivity contribution in [2.24, 2.45) is 35.5 Å². The summed E-state index contributed by atoms with van der Waals surface area (Å²) >= 11 is 0. The topological polar surface area (TPSA) is 0 Å². The normalized spacial score (nSPS) is 56.1. The zero-order chi connectivity index (χ0) is 9.71. The van der Waals surface area contributed by atoms with E-state index < -0.39 is 0 Å². The molecule has 0 aromatic rings. The van der Waals surface area contributed by atoms with Gasteiger partial charge in [0.2, 0.25) is 0 Å². The Morgan fingerprint density at radius 2 is 1.57 bits per heavy atom. The van der Waals surface area contributed by atoms with E-state index in [1.165, 1.54) is 19.3 Å². The number of hydrogen-bond donors (Lipinski definition) is 0. The Morgan fingerprint density at radius 3 is 2.21 bits per heavy atom. The van der Waals surface area contributed by atoms with Crippen LogP contribution < -0.4 is 0 Å². The first-order valence-electron chi connectivity index (χ1n) is 6.83. The van der Waals surface area contributed by atoms with Gasteiger partial charge in [-0.2, -0.15) is 0 Å². The van der Waals surface area contributed by atoms with Gasteiger partial charge in [0, 0.05) is 0 Å². The van der Waals surface area contributed by atoms with E-state index in [0.717, 1.165) is 35.5 Å². The molecule has 3 aliphatic carbocycles. The van der Waals surface area contributed by atoms with Gasteiger partial charge in [0.15, 0.2) is 0 Å². The van der Waals surface area contributed by atoms with Crippen molar-refractivity contribution in [1.29, 1.82) is 0 Å². The summed E-state index contributed by atoms with van der Waals surface area (Å²) in [5.74, 6) is 6.76. The van der Waals surface area contributed by atoms with Crippen molar-refractivity contribution < 1.29 is 0 Å². The second-order valence-electron chi connectivity index (χ2n) is 6.11. The number of hydrogen-bond acceptors (Lipinski definition) is 0. The van der Waals surface area contributed by atoms with E-state index >= 15 is 0 Å². The molecule has 0 aromatic carbocycles. The van der Waals surface area contributed by atoms with Crippen LogP contribution in [0.5, 0.6) is 0 Å². The molecule has 14 heavy (non-hydrogen) atoms. The van der Waals surface area contributed by atoms with Crippen molar-refractivity contribution >= 4 is 0 Å². The summed E-state index contributed by atoms with van der Waals surface area (Å²) in [7, 11) is 0. The molecule has 0 heteroatoms. The molecule has 0 heterocycles. The van der Waals surface area contributed by atoms with Gasteiger partial charge < -0.3 is 0 Å². The predicted molar refractivity (Wildman–Crippen MR) is 60.0 cm³/mol. The van der Waals surface area contributed by atoms with E-state index in [4.69, 9.17) is 0 Å². The second kappa shape index (κ2) is 3.25. The lowest BCUT2D eigenvalue weighted by atomic mass is 9.63. The minimum atomic E-state index is 1.06. The zero-order valence-corrected chi connectivity index (χ0v) is 9.71. The highest BCUT2D eigenvalue weighted by molar-refractivity contribution is 5.04. The van der Waals surface area contributed by atoms with Crippen molar-refractivity contribution in [3.05, 3.63) is 0 Å². The monoisotopic (exact) mass is 192 g/mol. The van der Waals surface area contributed by atoms with Crippen LogP contribution in [0, 0.1) is 35.5 Å². The van der Waals surface area contributed by atoms with Crippen molar-refractivity contribution in [1.82, 2.24) is 0 Å². The predicted octanol–water partition coefficient (Wildman–Crippen LogP) is 4.10. The van der Waals surface area contributed by atoms with Gasteiger partial charge in [0.1, 0.15) is 0 Å². The van der Waals surface area contributed by atoms with Crippen LogP contribution in [-0.4, -0.2) is 0 Å². The molecule has 3 rings (SSSR count). The molecule has 2 bridgehead atoms. The van der Waals surface area contributed by atoms with Crippen LogP contribution in [-0.2, 0) is 0 Å². The Labute approximate surface area is 88.5 Å². The van der Waals surface area contributed by atoms with E-state index in [2.05, 4.69) is 13.8 Å². The molecule has 0 saturated heterocycles. The Bertz CT molecular complexity index is 218. The average molecular weight is 192 g/mol. The molecule has 0 amide bonds. The first-order valence-corrected chi connectivity index (χ1v) is 6.83. The maximum Gasteiger partial charge on any atom is -0.0349 e. The van der Waals surface area contributed by atoms with Crippen molar-refractivity contribution in [3.63, 3.8) is 0 Å². The molecule has 6 atom stereocenters. The molecule has 3 aliphatic rings. The largest absolute Gasteiger partial charge is 0.0651 e. The summed E-state index contributed by atoms with van der Waals surface area (Å²) in [4.78, 5) is 0. The fourth-order valence-electron chi connectivity index (χ4n) is 5.39. The molecular weight excluding hydrogens is 168 g/mol. The minimum Gasteiger partial charge on any atom is -0.0651 e. The number of fused-ring (bicyclic) bond motifs is 5. The molecule has 3 fully saturated rings. The molecule has 3 saturated carbocycles. The van der Waals surface area contributed by atoms with Gasteiger partial charge in [-0.05, 0) is 54.8 Å². The third-order valence-corrected chi connectivity index (χ3v) is 5.89. The van der Waals surface area contributed by atoms with Crippen LogP contribution in [0.3, 0.4) is 0 Å². The average Bonchev–Trinajstić information content (AvgIpc) is 2.74. The molecule has 0 N–H and O–H groups in total. The molecule has 80 valence electrons. The summed E-state index contributed by atoms with van der Waals surface area (Å²) < 4.78 is 0. The zero-order valence-electron chi connectivity index (χ0n) is 9.71. The fourth-order valence-corrected chi connectivity index (χ4v) is 5.39. The molecule has 0 aliphatic heterocycles. The van der Waals surface area contributed by atoms with Crippen molar-refractivity contribution in [2.45, 2.75) is 52.4 Å². The van der Waals surface area contributed by atoms with Crippen molar-refractivity contribution in [2.75, 3.05) is 0 Å². The van der Waals surface area contributed by atoms with E-state index in [9.17, 15) is 0 Å². The standard InChI is InChI=1S/C14H24/c1-3-10-9(2)13-8-14(10)12-7-5-4-6-11(12)13/h9-14H,3-8H2,1-2H3. The molecule has 0 aromatic heterocycles. The summed E-state index contributed by atoms with van der Waals surface area (Å²) in [5.41, 5.74) is 0. The van der Waals surface area contributed by atoms with Crippen molar-refractivity contribution in [3.8, 4) is 0 Å². The van der Waals surface area contributed by atoms with Gasteiger partial charge in [0.25, 0.3) is 0 Å². The first kappa shape index (κ1) is 9.24. The Balaban J connectivity index is 1.84. The lowest BCUT2D eigenvalue weighted by molar-refractivity contribution is 0.0698. The highest BCUT2D eigenvalue weighted by Gasteiger charge is 2.55. The summed E-state index contributed by atoms with van der Waals surface area (Å²) in [6.07, 6.45) is 9.28. The van der Waals surface area contributed by atoms with Crippen LogP contribution in [0.4, 0.5) is 0 Å². The van der Waals surface area contributed by atoms with E-state index in [1.54, 1.807) is 19.3 Å². The SMILES string of the molecule is CCC1C(C)C2CC1C1CCCCC21. The van der Waals surface area contributed by atoms with Gasteiger partial charge in [-0.25, -0.2) is 0 Å². The third-order valence-electron chi connectivity index (χ3n) is 5.89. The Kier molecular flexibility index (Phi) is 2.15. The molecule has 0 nitrogen and oxygen atoms in total. The summed E-state index contributed by atoms with van der Waals surface area (Å²) in [6, 6.07) is 0. The lowest BCUT2D eigenvalue weighted by Gasteiger charge is -2.42. The van der Waals surface area contributed by atoms with Gasteiger partial charge in [0.05, 0.1) is 0 Å². The minimum absolute atomic E-state index is 1.06. The van der Waals surface area contributed by atoms with E-state index in [0.29, 0.717) is 0 Å². The molecular formula is C14H24. The Morgan fingerprint density at radius 1 is 0.929 bits per heavy atom. The quantitative estimate of drug-likeness (QED) is 0.586. The smallest absolute Gasteiger partial charge is 0.0349 e. The summed E-state index contributed by atoms with van der Waals surface area (Å²) in [6.45, 7) is 4.96. The highest BCUT2D eigenvalue weighted by atomic mass is 14.6. The van der Waals surface area contributed by atoms with Gasteiger partial charge >= 0.3 is 0 Å². The summed E-state index contributed by atoms with van der Waals surface area (Å²) in [5, 5.41) is 0. The third kappa shape index (κ3) is 1.06. The molecule has 0 radical (unpaired) electrons. The van der Waals surface area contributed by atoms with E-state index in [-0.39, 0.29) is 0 Å². The lowest BCUT2D eigenvalue weighted by Crippen LogP contribution is -2.35.